The van der Waals surface area contributed by atoms with Crippen LogP contribution >= 0.6 is 11.6 Å². The third kappa shape index (κ3) is 5.10. The predicted octanol–water partition coefficient (Wildman–Crippen LogP) is 5.75. The lowest BCUT2D eigenvalue weighted by Gasteiger charge is -2.15. The van der Waals surface area contributed by atoms with Gasteiger partial charge >= 0.3 is 0 Å². The molecule has 1 N–H and O–H groups in total. The quantitative estimate of drug-likeness (QED) is 0.588. The Labute approximate surface area is 159 Å². The Morgan fingerprint density at radius 1 is 0.808 bits per heavy atom. The van der Waals surface area contributed by atoms with Crippen LogP contribution in [0.15, 0.2) is 91.0 Å². The monoisotopic (exact) mass is 358 g/mol. The fourth-order valence-electron chi connectivity index (χ4n) is 2.57. The van der Waals surface area contributed by atoms with Crippen LogP contribution < -0.4 is 0 Å². The fraction of sp³-hybridized carbons (Fsp3) is 0.0833. The normalized spacial score (nSPS) is 13.0. The summed E-state index contributed by atoms with van der Waals surface area (Å²) in [5, 5.41) is 11.5. The molecule has 0 heterocycles. The van der Waals surface area contributed by atoms with Crippen LogP contribution in [0.1, 0.15) is 22.8 Å². The van der Waals surface area contributed by atoms with Gasteiger partial charge in [0, 0.05) is 10.6 Å². The standard InChI is InChI=1S/C24H19ClO/c25-23-17-15-22(16-18-23)24(26)21(13-11-19-7-3-1-4-8-19)14-12-20-9-5-2-6-10-20/h1-11,13,15-18,21,24,26H/b13-11+/t21?,24-/m0/s1. The number of aliphatic hydroxyl groups is 1. The molecule has 0 amide bonds. The van der Waals surface area contributed by atoms with Crippen LogP contribution in [0.3, 0.4) is 0 Å². The molecule has 0 spiro atoms. The van der Waals surface area contributed by atoms with Crippen molar-refractivity contribution in [3.8, 4) is 11.8 Å². The van der Waals surface area contributed by atoms with E-state index < -0.39 is 6.10 Å². The van der Waals surface area contributed by atoms with E-state index in [1.54, 1.807) is 12.1 Å². The molecular formula is C24H19ClO. The van der Waals surface area contributed by atoms with Gasteiger partial charge < -0.3 is 5.11 Å². The third-order valence-corrected chi connectivity index (χ3v) is 4.26. The molecule has 128 valence electrons. The van der Waals surface area contributed by atoms with E-state index in [0.717, 1.165) is 16.7 Å². The molecule has 0 saturated heterocycles. The molecule has 0 aliphatic carbocycles. The Hall–Kier alpha value is -2.79. The van der Waals surface area contributed by atoms with Crippen molar-refractivity contribution in [1.82, 2.24) is 0 Å². The summed E-state index contributed by atoms with van der Waals surface area (Å²) in [4.78, 5) is 0. The molecule has 0 radical (unpaired) electrons. The second-order valence-electron chi connectivity index (χ2n) is 5.93. The number of hydrogen-bond donors (Lipinski definition) is 1. The molecule has 0 aliphatic heterocycles. The molecule has 3 rings (SSSR count). The lowest BCUT2D eigenvalue weighted by atomic mass is 9.94. The summed E-state index contributed by atoms with van der Waals surface area (Å²) in [5.41, 5.74) is 2.79. The van der Waals surface area contributed by atoms with Crippen molar-refractivity contribution in [3.05, 3.63) is 113 Å². The Morgan fingerprint density at radius 2 is 1.42 bits per heavy atom. The van der Waals surface area contributed by atoms with Crippen molar-refractivity contribution >= 4 is 17.7 Å². The van der Waals surface area contributed by atoms with Crippen molar-refractivity contribution in [1.29, 1.82) is 0 Å². The highest BCUT2D eigenvalue weighted by Gasteiger charge is 2.16. The molecule has 0 aliphatic rings. The minimum Gasteiger partial charge on any atom is -0.387 e. The first-order valence-electron chi connectivity index (χ1n) is 8.46. The third-order valence-electron chi connectivity index (χ3n) is 4.00. The largest absolute Gasteiger partial charge is 0.387 e. The van der Waals surface area contributed by atoms with E-state index in [1.807, 2.05) is 84.9 Å². The van der Waals surface area contributed by atoms with Gasteiger partial charge in [0.25, 0.3) is 0 Å². The topological polar surface area (TPSA) is 20.2 Å². The van der Waals surface area contributed by atoms with Crippen molar-refractivity contribution in [2.75, 3.05) is 0 Å². The number of hydrogen-bond acceptors (Lipinski definition) is 1. The van der Waals surface area contributed by atoms with Crippen LogP contribution in [-0.2, 0) is 0 Å². The van der Waals surface area contributed by atoms with E-state index in [9.17, 15) is 5.11 Å². The fourth-order valence-corrected chi connectivity index (χ4v) is 2.69. The lowest BCUT2D eigenvalue weighted by Crippen LogP contribution is -2.08. The minimum absolute atomic E-state index is 0.336. The second kappa shape index (κ2) is 9.06. The molecule has 0 saturated carbocycles. The number of aliphatic hydroxyl groups excluding tert-OH is 1. The number of rotatable bonds is 4. The summed E-state index contributed by atoms with van der Waals surface area (Å²) in [6.07, 6.45) is 3.21. The van der Waals surface area contributed by atoms with Gasteiger partial charge in [-0.1, -0.05) is 96.3 Å². The average Bonchev–Trinajstić information content (AvgIpc) is 2.70. The van der Waals surface area contributed by atoms with Crippen LogP contribution in [0.25, 0.3) is 6.08 Å². The molecular weight excluding hydrogens is 340 g/mol. The van der Waals surface area contributed by atoms with Crippen molar-refractivity contribution in [2.24, 2.45) is 5.92 Å². The van der Waals surface area contributed by atoms with Crippen molar-refractivity contribution in [3.63, 3.8) is 0 Å². The van der Waals surface area contributed by atoms with Gasteiger partial charge in [0.05, 0.1) is 12.0 Å². The first-order chi connectivity index (χ1) is 12.7. The minimum atomic E-state index is -0.733. The van der Waals surface area contributed by atoms with E-state index in [0.29, 0.717) is 5.02 Å². The van der Waals surface area contributed by atoms with Crippen LogP contribution in [0, 0.1) is 17.8 Å². The second-order valence-corrected chi connectivity index (χ2v) is 6.36. The molecule has 0 aromatic heterocycles. The highest BCUT2D eigenvalue weighted by atomic mass is 35.5. The molecule has 0 bridgehead atoms. The van der Waals surface area contributed by atoms with Crippen LogP contribution in [-0.4, -0.2) is 5.11 Å². The van der Waals surface area contributed by atoms with Gasteiger partial charge in [-0.3, -0.25) is 0 Å². The average molecular weight is 359 g/mol. The van der Waals surface area contributed by atoms with Gasteiger partial charge in [-0.05, 0) is 35.4 Å². The van der Waals surface area contributed by atoms with Crippen LogP contribution in [0.4, 0.5) is 0 Å². The first-order valence-corrected chi connectivity index (χ1v) is 8.83. The summed E-state index contributed by atoms with van der Waals surface area (Å²) in [7, 11) is 0. The van der Waals surface area contributed by atoms with E-state index >= 15 is 0 Å². The van der Waals surface area contributed by atoms with Crippen LogP contribution in [0.5, 0.6) is 0 Å². The van der Waals surface area contributed by atoms with E-state index in [4.69, 9.17) is 11.6 Å². The summed E-state index contributed by atoms with van der Waals surface area (Å²) >= 11 is 5.95. The van der Waals surface area contributed by atoms with E-state index in [-0.39, 0.29) is 5.92 Å². The maximum atomic E-state index is 10.8. The SMILES string of the molecule is O[C@H](c1ccc(Cl)cc1)C(C#Cc1ccccc1)/C=C/c1ccccc1. The molecule has 2 atom stereocenters. The summed E-state index contributed by atoms with van der Waals surface area (Å²) in [6, 6.07) is 27.0. The predicted molar refractivity (Wildman–Crippen MR) is 109 cm³/mol. The van der Waals surface area contributed by atoms with Crippen molar-refractivity contribution < 1.29 is 5.11 Å². The van der Waals surface area contributed by atoms with Gasteiger partial charge in [0.2, 0.25) is 0 Å². The van der Waals surface area contributed by atoms with Gasteiger partial charge in [-0.2, -0.15) is 0 Å². The molecule has 2 heteroatoms. The smallest absolute Gasteiger partial charge is 0.0962 e. The summed E-state index contributed by atoms with van der Waals surface area (Å²) in [5.74, 6) is 6.02. The number of benzene rings is 3. The first kappa shape index (κ1) is 18.0. The van der Waals surface area contributed by atoms with Crippen molar-refractivity contribution in [2.45, 2.75) is 6.10 Å². The zero-order valence-corrected chi connectivity index (χ0v) is 15.0. The molecule has 0 fully saturated rings. The Balaban J connectivity index is 1.89. The maximum absolute atomic E-state index is 10.8. The number of halogens is 1. The molecule has 26 heavy (non-hydrogen) atoms. The zero-order chi connectivity index (χ0) is 18.2. The molecule has 1 nitrogen and oxygen atoms in total. The highest BCUT2D eigenvalue weighted by Crippen LogP contribution is 2.25. The van der Waals surface area contributed by atoms with E-state index in [2.05, 4.69) is 11.8 Å². The molecule has 1 unspecified atom stereocenters. The maximum Gasteiger partial charge on any atom is 0.0962 e. The molecule has 3 aromatic carbocycles. The van der Waals surface area contributed by atoms with Gasteiger partial charge in [-0.25, -0.2) is 0 Å². The highest BCUT2D eigenvalue weighted by molar-refractivity contribution is 6.30. The Kier molecular flexibility index (Phi) is 6.28. The zero-order valence-electron chi connectivity index (χ0n) is 14.2. The Morgan fingerprint density at radius 3 is 2.08 bits per heavy atom. The van der Waals surface area contributed by atoms with Gasteiger partial charge in [0.1, 0.15) is 0 Å². The molecule has 3 aromatic rings. The summed E-state index contributed by atoms with van der Waals surface area (Å²) in [6.45, 7) is 0. The Bertz CT molecular complexity index is 903. The lowest BCUT2D eigenvalue weighted by molar-refractivity contribution is 0.155. The van der Waals surface area contributed by atoms with Crippen LogP contribution in [0.2, 0.25) is 5.02 Å². The van der Waals surface area contributed by atoms with Gasteiger partial charge in [-0.15, -0.1) is 0 Å². The van der Waals surface area contributed by atoms with E-state index in [1.165, 1.54) is 0 Å². The summed E-state index contributed by atoms with van der Waals surface area (Å²) < 4.78 is 0. The van der Waals surface area contributed by atoms with Gasteiger partial charge in [0.15, 0.2) is 0 Å².